The molecule has 1 aliphatic rings. The first-order valence-electron chi connectivity index (χ1n) is 8.74. The summed E-state index contributed by atoms with van der Waals surface area (Å²) in [6, 6.07) is 17.9. The van der Waals surface area contributed by atoms with E-state index in [1.165, 1.54) is 0 Å². The van der Waals surface area contributed by atoms with Crippen molar-refractivity contribution in [3.05, 3.63) is 66.2 Å². The van der Waals surface area contributed by atoms with Gasteiger partial charge in [0, 0.05) is 17.2 Å². The van der Waals surface area contributed by atoms with Gasteiger partial charge in [0.05, 0.1) is 13.0 Å². The molecule has 1 unspecified atom stereocenters. The van der Waals surface area contributed by atoms with Crippen molar-refractivity contribution in [2.75, 3.05) is 12.3 Å². The predicted octanol–water partition coefficient (Wildman–Crippen LogP) is 2.41. The standard InChI is InChI=1S/C20H21N3O3S/c24-18(21-11-12-27-16-9-5-2-6-10-16)13-17-19(25)23(20(26)22-17)14-15-7-3-1-4-8-15/h1-10,17H,11-14H2,(H,21,24)(H,22,26). The predicted molar refractivity (Wildman–Crippen MR) is 104 cm³/mol. The second kappa shape index (κ2) is 9.23. The summed E-state index contributed by atoms with van der Waals surface area (Å²) in [5.41, 5.74) is 0.865. The number of benzene rings is 2. The maximum Gasteiger partial charge on any atom is 0.325 e. The number of carbonyl (C=O) groups excluding carboxylic acids is 3. The van der Waals surface area contributed by atoms with Gasteiger partial charge < -0.3 is 10.6 Å². The Morgan fingerprint density at radius 3 is 2.41 bits per heavy atom. The topological polar surface area (TPSA) is 78.5 Å². The van der Waals surface area contributed by atoms with Crippen LogP contribution in [0.25, 0.3) is 0 Å². The lowest BCUT2D eigenvalue weighted by Gasteiger charge is -2.13. The Hall–Kier alpha value is -2.80. The molecular formula is C20H21N3O3S. The van der Waals surface area contributed by atoms with Gasteiger partial charge in [0.25, 0.3) is 5.91 Å². The first-order valence-corrected chi connectivity index (χ1v) is 9.72. The molecule has 4 amide bonds. The molecule has 1 aliphatic heterocycles. The molecule has 2 aromatic rings. The van der Waals surface area contributed by atoms with Crippen LogP contribution in [0.2, 0.25) is 0 Å². The number of nitrogens with zero attached hydrogens (tertiary/aromatic N) is 1. The van der Waals surface area contributed by atoms with Crippen molar-refractivity contribution < 1.29 is 14.4 Å². The van der Waals surface area contributed by atoms with Gasteiger partial charge in [0.15, 0.2) is 0 Å². The average Bonchev–Trinajstić information content (AvgIpc) is 2.94. The normalized spacial score (nSPS) is 16.3. The Morgan fingerprint density at radius 1 is 1.04 bits per heavy atom. The van der Waals surface area contributed by atoms with Crippen molar-refractivity contribution >= 4 is 29.6 Å². The largest absolute Gasteiger partial charge is 0.355 e. The van der Waals surface area contributed by atoms with Crippen LogP contribution in [-0.2, 0) is 16.1 Å². The highest BCUT2D eigenvalue weighted by molar-refractivity contribution is 7.99. The minimum Gasteiger partial charge on any atom is -0.355 e. The zero-order chi connectivity index (χ0) is 19.1. The van der Waals surface area contributed by atoms with Crippen molar-refractivity contribution in [3.8, 4) is 0 Å². The van der Waals surface area contributed by atoms with Crippen LogP contribution in [0.3, 0.4) is 0 Å². The van der Waals surface area contributed by atoms with Crippen LogP contribution in [0.4, 0.5) is 4.79 Å². The van der Waals surface area contributed by atoms with Crippen LogP contribution in [0, 0.1) is 0 Å². The van der Waals surface area contributed by atoms with Gasteiger partial charge in [-0.3, -0.25) is 14.5 Å². The molecule has 0 saturated carbocycles. The number of hydrogen-bond donors (Lipinski definition) is 2. The lowest BCUT2D eigenvalue weighted by atomic mass is 10.2. The maximum absolute atomic E-state index is 12.4. The molecule has 1 atom stereocenters. The van der Waals surface area contributed by atoms with Crippen LogP contribution in [0.5, 0.6) is 0 Å². The second-order valence-electron chi connectivity index (χ2n) is 6.13. The summed E-state index contributed by atoms with van der Waals surface area (Å²) in [5.74, 6) is 0.127. The molecule has 0 aromatic heterocycles. The highest BCUT2D eigenvalue weighted by Gasteiger charge is 2.38. The molecule has 0 radical (unpaired) electrons. The van der Waals surface area contributed by atoms with E-state index in [4.69, 9.17) is 0 Å². The monoisotopic (exact) mass is 383 g/mol. The summed E-state index contributed by atoms with van der Waals surface area (Å²) in [5, 5.41) is 5.39. The first kappa shape index (κ1) is 19.0. The third-order valence-electron chi connectivity index (χ3n) is 4.12. The lowest BCUT2D eigenvalue weighted by molar-refractivity contribution is -0.131. The van der Waals surface area contributed by atoms with E-state index in [0.29, 0.717) is 6.54 Å². The molecule has 3 rings (SSSR count). The van der Waals surface area contributed by atoms with Gasteiger partial charge in [-0.2, -0.15) is 0 Å². The van der Waals surface area contributed by atoms with Crippen molar-refractivity contribution in [2.24, 2.45) is 0 Å². The fraction of sp³-hybridized carbons (Fsp3) is 0.250. The van der Waals surface area contributed by atoms with Gasteiger partial charge in [0.1, 0.15) is 6.04 Å². The molecule has 0 aliphatic carbocycles. The molecule has 0 bridgehead atoms. The van der Waals surface area contributed by atoms with Gasteiger partial charge in [-0.15, -0.1) is 11.8 Å². The van der Waals surface area contributed by atoms with Gasteiger partial charge >= 0.3 is 6.03 Å². The van der Waals surface area contributed by atoms with Crippen molar-refractivity contribution in [1.82, 2.24) is 15.5 Å². The minimum absolute atomic E-state index is 0.0497. The van der Waals surface area contributed by atoms with Crippen LogP contribution < -0.4 is 10.6 Å². The summed E-state index contributed by atoms with van der Waals surface area (Å²) < 4.78 is 0. The van der Waals surface area contributed by atoms with Crippen molar-refractivity contribution in [1.29, 1.82) is 0 Å². The summed E-state index contributed by atoms with van der Waals surface area (Å²) in [6.07, 6.45) is -0.0497. The number of thioether (sulfide) groups is 1. The Bertz CT molecular complexity index is 799. The average molecular weight is 383 g/mol. The van der Waals surface area contributed by atoms with Crippen LogP contribution in [-0.4, -0.2) is 41.1 Å². The van der Waals surface area contributed by atoms with Gasteiger partial charge in [0.2, 0.25) is 5.91 Å². The maximum atomic E-state index is 12.4. The second-order valence-corrected chi connectivity index (χ2v) is 7.30. The summed E-state index contributed by atoms with van der Waals surface area (Å²) in [6.45, 7) is 0.707. The molecule has 1 fully saturated rings. The van der Waals surface area contributed by atoms with Crippen LogP contribution in [0.1, 0.15) is 12.0 Å². The quantitative estimate of drug-likeness (QED) is 0.417. The Balaban J connectivity index is 1.42. The molecule has 7 heteroatoms. The van der Waals surface area contributed by atoms with E-state index in [1.54, 1.807) is 11.8 Å². The SMILES string of the molecule is O=C(CC1NC(=O)N(Cc2ccccc2)C1=O)NCCSc1ccccc1. The number of amides is 4. The van der Waals surface area contributed by atoms with E-state index >= 15 is 0 Å². The van der Waals surface area contributed by atoms with E-state index < -0.39 is 12.1 Å². The zero-order valence-electron chi connectivity index (χ0n) is 14.8. The Kier molecular flexibility index (Phi) is 6.49. The van der Waals surface area contributed by atoms with Crippen molar-refractivity contribution in [3.63, 3.8) is 0 Å². The van der Waals surface area contributed by atoms with E-state index in [0.717, 1.165) is 21.1 Å². The fourth-order valence-corrected chi connectivity index (χ4v) is 3.55. The number of hydrogen-bond acceptors (Lipinski definition) is 4. The fourth-order valence-electron chi connectivity index (χ4n) is 2.76. The highest BCUT2D eigenvalue weighted by Crippen LogP contribution is 2.16. The molecule has 1 saturated heterocycles. The zero-order valence-corrected chi connectivity index (χ0v) is 15.6. The molecule has 2 aromatic carbocycles. The smallest absolute Gasteiger partial charge is 0.325 e. The summed E-state index contributed by atoms with van der Waals surface area (Å²) >= 11 is 1.65. The highest BCUT2D eigenvalue weighted by atomic mass is 32.2. The lowest BCUT2D eigenvalue weighted by Crippen LogP contribution is -2.37. The number of nitrogens with one attached hydrogen (secondary N) is 2. The van der Waals surface area contributed by atoms with E-state index in [1.807, 2.05) is 60.7 Å². The van der Waals surface area contributed by atoms with Gasteiger partial charge in [-0.25, -0.2) is 4.79 Å². The Morgan fingerprint density at radius 2 is 1.70 bits per heavy atom. The van der Waals surface area contributed by atoms with Gasteiger partial charge in [-0.05, 0) is 17.7 Å². The molecule has 0 spiro atoms. The van der Waals surface area contributed by atoms with E-state index in [2.05, 4.69) is 10.6 Å². The van der Waals surface area contributed by atoms with E-state index in [-0.39, 0.29) is 24.8 Å². The molecule has 2 N–H and O–H groups in total. The molecule has 140 valence electrons. The molecule has 27 heavy (non-hydrogen) atoms. The third kappa shape index (κ3) is 5.34. The number of imide groups is 1. The van der Waals surface area contributed by atoms with Gasteiger partial charge in [-0.1, -0.05) is 48.5 Å². The van der Waals surface area contributed by atoms with Crippen LogP contribution in [0.15, 0.2) is 65.6 Å². The molecule has 1 heterocycles. The van der Waals surface area contributed by atoms with Crippen LogP contribution >= 0.6 is 11.8 Å². The number of urea groups is 1. The number of rotatable bonds is 8. The summed E-state index contributed by atoms with van der Waals surface area (Å²) in [4.78, 5) is 38.9. The number of carbonyl (C=O) groups is 3. The minimum atomic E-state index is -0.803. The van der Waals surface area contributed by atoms with E-state index in [9.17, 15) is 14.4 Å². The Labute approximate surface area is 162 Å². The van der Waals surface area contributed by atoms with Crippen molar-refractivity contribution in [2.45, 2.75) is 23.9 Å². The first-order chi connectivity index (χ1) is 13.1. The molecule has 6 nitrogen and oxygen atoms in total. The third-order valence-corrected chi connectivity index (χ3v) is 5.13. The summed E-state index contributed by atoms with van der Waals surface area (Å²) in [7, 11) is 0. The molecular weight excluding hydrogens is 362 g/mol.